The molecule has 2 amide bonds. The summed E-state index contributed by atoms with van der Waals surface area (Å²) in [6.07, 6.45) is 7.12. The Hall–Kier alpha value is -3.50. The number of aromatic nitrogens is 2. The summed E-state index contributed by atoms with van der Waals surface area (Å²) in [5.41, 5.74) is 2.55. The molecule has 3 heterocycles. The van der Waals surface area contributed by atoms with Gasteiger partial charge < -0.3 is 24.5 Å². The van der Waals surface area contributed by atoms with Gasteiger partial charge in [0.15, 0.2) is 0 Å². The van der Waals surface area contributed by atoms with E-state index in [2.05, 4.69) is 31.9 Å². The van der Waals surface area contributed by atoms with Crippen LogP contribution >= 0.6 is 0 Å². The monoisotopic (exact) mass is 635 g/mol. The smallest absolute Gasteiger partial charge is 0.407 e. The van der Waals surface area contributed by atoms with Crippen LogP contribution in [0.1, 0.15) is 101 Å². The summed E-state index contributed by atoms with van der Waals surface area (Å²) in [6, 6.07) is 6.60. The Bertz CT molecular complexity index is 1570. The molecule has 5 rings (SSSR count). The first-order valence-electron chi connectivity index (χ1n) is 16.7. The van der Waals surface area contributed by atoms with Crippen molar-refractivity contribution in [1.29, 1.82) is 0 Å². The van der Waals surface area contributed by atoms with Crippen molar-refractivity contribution < 1.29 is 23.8 Å². The van der Waals surface area contributed by atoms with Crippen LogP contribution in [0.2, 0.25) is 0 Å². The van der Waals surface area contributed by atoms with Crippen LogP contribution in [0.5, 0.6) is 0 Å². The van der Waals surface area contributed by atoms with Gasteiger partial charge in [0.2, 0.25) is 0 Å². The molecule has 0 bridgehead atoms. The van der Waals surface area contributed by atoms with E-state index in [0.29, 0.717) is 49.9 Å². The number of imidazole rings is 1. The van der Waals surface area contributed by atoms with Gasteiger partial charge in [0, 0.05) is 43.5 Å². The summed E-state index contributed by atoms with van der Waals surface area (Å²) in [6.45, 7) is 16.1. The van der Waals surface area contributed by atoms with Gasteiger partial charge in [-0.05, 0) is 122 Å². The average molecular weight is 636 g/mol. The number of hydrogen-bond acceptors (Lipinski definition) is 6. The van der Waals surface area contributed by atoms with E-state index >= 15 is 0 Å². The standard InChI is InChI=1S/C36H50FN5O4/c1-8-41(23(2)3)33(43)31-18-27(37)9-10-29(31)30-17-26(21-42-24(4)38-19-32(30)42)25-13-16-40(20-25)22-36(45)14-11-28(12-15-36)39-34(44)46-35(5,6)7/h9-10,17-19,21,23,25,28,45H,8,11-16,20,22H2,1-7H3,(H,39,44). The number of amides is 2. The second-order valence-corrected chi connectivity index (χ2v) is 14.5. The molecule has 250 valence electrons. The van der Waals surface area contributed by atoms with Crippen molar-refractivity contribution in [2.24, 2.45) is 0 Å². The number of benzene rings is 1. The van der Waals surface area contributed by atoms with Crippen molar-refractivity contribution >= 4 is 17.5 Å². The molecular weight excluding hydrogens is 585 g/mol. The highest BCUT2D eigenvalue weighted by Gasteiger charge is 2.38. The van der Waals surface area contributed by atoms with Gasteiger partial charge in [-0.1, -0.05) is 6.07 Å². The van der Waals surface area contributed by atoms with E-state index in [1.807, 2.05) is 54.7 Å². The van der Waals surface area contributed by atoms with Crippen molar-refractivity contribution in [2.75, 3.05) is 26.2 Å². The summed E-state index contributed by atoms with van der Waals surface area (Å²) in [5.74, 6) is 0.429. The highest BCUT2D eigenvalue weighted by molar-refractivity contribution is 6.03. The number of nitrogens with zero attached hydrogens (tertiary/aromatic N) is 4. The van der Waals surface area contributed by atoms with Crippen molar-refractivity contribution in [2.45, 2.75) is 110 Å². The number of alkyl carbamates (subject to hydrolysis) is 1. The minimum absolute atomic E-state index is 0.00167. The van der Waals surface area contributed by atoms with Crippen molar-refractivity contribution in [3.8, 4) is 11.1 Å². The van der Waals surface area contributed by atoms with E-state index in [1.54, 1.807) is 11.0 Å². The molecular formula is C36H50FN5O4. The fourth-order valence-corrected chi connectivity index (χ4v) is 7.10. The number of carbonyl (C=O) groups excluding carboxylic acids is 2. The van der Waals surface area contributed by atoms with Gasteiger partial charge in [0.1, 0.15) is 17.2 Å². The maximum Gasteiger partial charge on any atom is 0.407 e. The molecule has 1 unspecified atom stereocenters. The molecule has 1 atom stereocenters. The van der Waals surface area contributed by atoms with E-state index in [1.165, 1.54) is 12.1 Å². The number of fused-ring (bicyclic) bond motifs is 1. The number of pyridine rings is 1. The van der Waals surface area contributed by atoms with Gasteiger partial charge in [-0.2, -0.15) is 0 Å². The zero-order chi connectivity index (χ0) is 33.4. The Morgan fingerprint density at radius 3 is 2.54 bits per heavy atom. The molecule has 2 fully saturated rings. The predicted molar refractivity (Wildman–Crippen MR) is 178 cm³/mol. The molecule has 1 saturated heterocycles. The molecule has 3 aromatic rings. The van der Waals surface area contributed by atoms with E-state index in [4.69, 9.17) is 4.74 Å². The highest BCUT2D eigenvalue weighted by atomic mass is 19.1. The van der Waals surface area contributed by atoms with Crippen molar-refractivity contribution in [1.82, 2.24) is 24.5 Å². The minimum Gasteiger partial charge on any atom is -0.444 e. The molecule has 1 saturated carbocycles. The second kappa shape index (κ2) is 13.3. The lowest BCUT2D eigenvalue weighted by molar-refractivity contribution is -0.0289. The molecule has 2 aliphatic rings. The maximum absolute atomic E-state index is 14.6. The third-order valence-electron chi connectivity index (χ3n) is 9.47. The van der Waals surface area contributed by atoms with Crippen LogP contribution in [0.25, 0.3) is 16.6 Å². The number of aliphatic hydroxyl groups is 1. The SMILES string of the molecule is CCN(C(=O)c1cc(F)ccc1-c1cc(C2CCN(CC3(O)CCC(NC(=O)OC(C)(C)C)CC3)C2)cn2c(C)ncc12)C(C)C. The van der Waals surface area contributed by atoms with Crippen LogP contribution in [-0.4, -0.2) is 85.8 Å². The number of likely N-dealkylation sites (tertiary alicyclic amines) is 1. The van der Waals surface area contributed by atoms with Crippen LogP contribution in [0.4, 0.5) is 9.18 Å². The van der Waals surface area contributed by atoms with E-state index in [0.717, 1.165) is 42.0 Å². The number of nitrogens with one attached hydrogen (secondary N) is 1. The molecule has 0 spiro atoms. The van der Waals surface area contributed by atoms with Crippen molar-refractivity contribution in [3.63, 3.8) is 0 Å². The third kappa shape index (κ3) is 7.55. The van der Waals surface area contributed by atoms with Gasteiger partial charge in [-0.15, -0.1) is 0 Å². The van der Waals surface area contributed by atoms with Gasteiger partial charge >= 0.3 is 6.09 Å². The van der Waals surface area contributed by atoms with Crippen LogP contribution in [0, 0.1) is 12.7 Å². The van der Waals surface area contributed by atoms with Crippen LogP contribution in [-0.2, 0) is 4.74 Å². The first kappa shape index (κ1) is 33.9. The average Bonchev–Trinajstić information content (AvgIpc) is 3.59. The highest BCUT2D eigenvalue weighted by Crippen LogP contribution is 2.37. The number of rotatable bonds is 8. The van der Waals surface area contributed by atoms with Gasteiger partial charge in [0.25, 0.3) is 5.91 Å². The first-order chi connectivity index (χ1) is 21.7. The predicted octanol–water partition coefficient (Wildman–Crippen LogP) is 6.31. The molecule has 10 heteroatoms. The zero-order valence-electron chi connectivity index (χ0n) is 28.4. The quantitative estimate of drug-likeness (QED) is 0.301. The zero-order valence-corrected chi connectivity index (χ0v) is 28.4. The Morgan fingerprint density at radius 1 is 1.17 bits per heavy atom. The summed E-state index contributed by atoms with van der Waals surface area (Å²) < 4.78 is 22.1. The Morgan fingerprint density at radius 2 is 1.89 bits per heavy atom. The summed E-state index contributed by atoms with van der Waals surface area (Å²) in [5, 5.41) is 14.5. The van der Waals surface area contributed by atoms with Gasteiger partial charge in [-0.3, -0.25) is 9.69 Å². The molecule has 1 aliphatic carbocycles. The Balaban J connectivity index is 1.34. The molecule has 46 heavy (non-hydrogen) atoms. The van der Waals surface area contributed by atoms with E-state index in [9.17, 15) is 19.1 Å². The molecule has 0 radical (unpaired) electrons. The number of halogens is 1. The minimum atomic E-state index is -0.804. The summed E-state index contributed by atoms with van der Waals surface area (Å²) in [7, 11) is 0. The second-order valence-electron chi connectivity index (χ2n) is 14.5. The fraction of sp³-hybridized carbons (Fsp3) is 0.583. The lowest BCUT2D eigenvalue weighted by Crippen LogP contribution is -2.49. The Kier molecular flexibility index (Phi) is 9.80. The molecule has 2 aromatic heterocycles. The normalized spacial score (nSPS) is 22.4. The number of aryl methyl sites for hydroxylation is 1. The van der Waals surface area contributed by atoms with Crippen molar-refractivity contribution in [3.05, 3.63) is 59.4 Å². The number of hydrogen-bond donors (Lipinski definition) is 2. The molecule has 1 aromatic carbocycles. The summed E-state index contributed by atoms with van der Waals surface area (Å²) in [4.78, 5) is 34.6. The van der Waals surface area contributed by atoms with Crippen LogP contribution in [0.3, 0.4) is 0 Å². The fourth-order valence-electron chi connectivity index (χ4n) is 7.10. The Labute approximate surface area is 272 Å². The lowest BCUT2D eigenvalue weighted by Gasteiger charge is -2.38. The van der Waals surface area contributed by atoms with Gasteiger partial charge in [-0.25, -0.2) is 14.2 Å². The number of β-amino-alcohol motifs (C(OH)–C–C–N with tert-alkyl or cyclic N) is 1. The number of ether oxygens (including phenoxy) is 1. The molecule has 9 nitrogen and oxygen atoms in total. The maximum atomic E-state index is 14.6. The van der Waals surface area contributed by atoms with Crippen LogP contribution in [0.15, 0.2) is 36.7 Å². The van der Waals surface area contributed by atoms with Crippen LogP contribution < -0.4 is 5.32 Å². The van der Waals surface area contributed by atoms with Gasteiger partial charge in [0.05, 0.1) is 22.9 Å². The lowest BCUT2D eigenvalue weighted by atomic mass is 9.82. The topological polar surface area (TPSA) is 99.4 Å². The molecule has 1 aliphatic heterocycles. The van der Waals surface area contributed by atoms with E-state index in [-0.39, 0.29) is 23.9 Å². The third-order valence-corrected chi connectivity index (χ3v) is 9.47. The largest absolute Gasteiger partial charge is 0.444 e. The summed E-state index contributed by atoms with van der Waals surface area (Å²) >= 11 is 0. The van der Waals surface area contributed by atoms with E-state index < -0.39 is 23.1 Å². The number of carbonyl (C=O) groups is 2. The first-order valence-corrected chi connectivity index (χ1v) is 16.7. The molecule has 2 N–H and O–H groups in total.